The molecule has 0 aromatic heterocycles. The van der Waals surface area contributed by atoms with E-state index in [9.17, 15) is 18.9 Å². The summed E-state index contributed by atoms with van der Waals surface area (Å²) in [5.74, 6) is -2.57. The van der Waals surface area contributed by atoms with Crippen LogP contribution >= 0.6 is 0 Å². The molecule has 1 aromatic carbocycles. The van der Waals surface area contributed by atoms with Crippen LogP contribution in [-0.4, -0.2) is 47.0 Å². The second-order valence-electron chi connectivity index (χ2n) is 5.63. The van der Waals surface area contributed by atoms with E-state index in [4.69, 9.17) is 10.8 Å². The molecule has 1 aliphatic rings. The number of nitrogens with zero attached hydrogens (tertiary/aromatic N) is 2. The van der Waals surface area contributed by atoms with Gasteiger partial charge >= 0.3 is 5.97 Å². The van der Waals surface area contributed by atoms with Gasteiger partial charge in [-0.1, -0.05) is 6.92 Å². The van der Waals surface area contributed by atoms with Gasteiger partial charge in [-0.3, -0.25) is 9.59 Å². The number of rotatable bonds is 6. The van der Waals surface area contributed by atoms with Gasteiger partial charge in [-0.25, -0.2) is 4.39 Å². The molecule has 130 valence electrons. The molecule has 24 heavy (non-hydrogen) atoms. The Morgan fingerprint density at radius 1 is 1.50 bits per heavy atom. The summed E-state index contributed by atoms with van der Waals surface area (Å²) in [6, 6.07) is 2.19. The van der Waals surface area contributed by atoms with Crippen LogP contribution in [0.4, 0.5) is 10.1 Å². The van der Waals surface area contributed by atoms with E-state index in [1.165, 1.54) is 17.1 Å². The van der Waals surface area contributed by atoms with Crippen molar-refractivity contribution in [1.82, 2.24) is 5.32 Å². The summed E-state index contributed by atoms with van der Waals surface area (Å²) < 4.78 is 13.8. The van der Waals surface area contributed by atoms with Gasteiger partial charge in [0.15, 0.2) is 0 Å². The van der Waals surface area contributed by atoms with E-state index in [-0.39, 0.29) is 23.8 Å². The predicted octanol–water partition coefficient (Wildman–Crippen LogP) is 0.650. The molecule has 0 saturated carbocycles. The monoisotopic (exact) mass is 339 g/mol. The van der Waals surface area contributed by atoms with Gasteiger partial charge in [0, 0.05) is 31.0 Å². The normalized spacial score (nSPS) is 18.5. The minimum absolute atomic E-state index is 0.00376. The van der Waals surface area contributed by atoms with Crippen LogP contribution in [0.3, 0.4) is 0 Å². The standard InChI is InChI=1S/C15H19FN4O4/c1-2-11-3-4-19(20(11)24)12-6-9(5-10(16)7-12)14(21)18-8-13(17)15(22)23/h5-7,11,13H,2-4,8,17H2,1H3,(H-,18,21,22,23)/p+1/t11?,13-/m1/s1. The SMILES string of the molecule is CCC1CCN(c2cc(F)cc(C(=O)NC[C@@H](N)C(=O)O)c2)[N+]1=O. The summed E-state index contributed by atoms with van der Waals surface area (Å²) in [5.41, 5.74) is 5.59. The minimum Gasteiger partial charge on any atom is -0.480 e. The first-order valence-corrected chi connectivity index (χ1v) is 7.64. The molecule has 4 N–H and O–H groups in total. The van der Waals surface area contributed by atoms with E-state index in [1.807, 2.05) is 6.92 Å². The predicted molar refractivity (Wildman–Crippen MR) is 84.0 cm³/mol. The van der Waals surface area contributed by atoms with Gasteiger partial charge in [-0.2, -0.15) is 0 Å². The highest BCUT2D eigenvalue weighted by atomic mass is 19.1. The number of aliphatic carboxylic acids is 1. The third-order valence-electron chi connectivity index (χ3n) is 3.94. The number of nitrogens with two attached hydrogens (primary N) is 1. The second kappa shape index (κ2) is 7.35. The maximum Gasteiger partial charge on any atom is 0.322 e. The molecular formula is C15H20FN4O4+. The highest BCUT2D eigenvalue weighted by molar-refractivity contribution is 5.95. The molecule has 1 heterocycles. The summed E-state index contributed by atoms with van der Waals surface area (Å²) in [7, 11) is 0. The second-order valence-corrected chi connectivity index (χ2v) is 5.63. The number of hydrogen-bond acceptors (Lipinski definition) is 4. The molecule has 0 bridgehead atoms. The van der Waals surface area contributed by atoms with Crippen molar-refractivity contribution in [2.75, 3.05) is 18.1 Å². The van der Waals surface area contributed by atoms with Crippen LogP contribution in [-0.2, 0) is 4.79 Å². The summed E-state index contributed by atoms with van der Waals surface area (Å²) in [5, 5.41) is 12.4. The van der Waals surface area contributed by atoms with Crippen LogP contribution in [0.25, 0.3) is 0 Å². The Kier molecular flexibility index (Phi) is 5.45. The molecule has 9 heteroatoms. The molecule has 1 amide bonds. The van der Waals surface area contributed by atoms with Crippen LogP contribution in [0.1, 0.15) is 30.1 Å². The summed E-state index contributed by atoms with van der Waals surface area (Å²) in [4.78, 5) is 35.7. The molecule has 0 radical (unpaired) electrons. The molecule has 2 atom stereocenters. The van der Waals surface area contributed by atoms with Crippen molar-refractivity contribution in [3.63, 3.8) is 0 Å². The molecule has 1 aromatic rings. The molecular weight excluding hydrogens is 319 g/mol. The summed E-state index contributed by atoms with van der Waals surface area (Å²) in [6.45, 7) is 2.06. The highest BCUT2D eigenvalue weighted by Gasteiger charge is 2.39. The zero-order chi connectivity index (χ0) is 17.9. The maximum atomic E-state index is 13.8. The van der Waals surface area contributed by atoms with Crippen LogP contribution < -0.4 is 16.1 Å². The van der Waals surface area contributed by atoms with Crippen molar-refractivity contribution in [3.05, 3.63) is 34.5 Å². The molecule has 1 aliphatic heterocycles. The maximum absolute atomic E-state index is 13.8. The topological polar surface area (TPSA) is 116 Å². The van der Waals surface area contributed by atoms with Crippen molar-refractivity contribution in [3.8, 4) is 0 Å². The first-order chi connectivity index (χ1) is 11.3. The third-order valence-corrected chi connectivity index (χ3v) is 3.94. The Labute approximate surface area is 138 Å². The zero-order valence-electron chi connectivity index (χ0n) is 13.2. The number of benzene rings is 1. The van der Waals surface area contributed by atoms with Crippen LogP contribution in [0.5, 0.6) is 0 Å². The summed E-state index contributed by atoms with van der Waals surface area (Å²) in [6.07, 6.45) is 1.33. The average Bonchev–Trinajstić information content (AvgIpc) is 2.92. The first-order valence-electron chi connectivity index (χ1n) is 7.64. The van der Waals surface area contributed by atoms with E-state index < -0.39 is 23.7 Å². The van der Waals surface area contributed by atoms with E-state index in [0.29, 0.717) is 19.4 Å². The number of hydrogen-bond donors (Lipinski definition) is 3. The summed E-state index contributed by atoms with van der Waals surface area (Å²) >= 11 is 0. The van der Waals surface area contributed by atoms with Crippen LogP contribution in [0.2, 0.25) is 0 Å². The smallest absolute Gasteiger partial charge is 0.322 e. The van der Waals surface area contributed by atoms with Gasteiger partial charge in [0.25, 0.3) is 5.91 Å². The minimum atomic E-state index is -1.25. The van der Waals surface area contributed by atoms with Gasteiger partial charge < -0.3 is 16.2 Å². The quantitative estimate of drug-likeness (QED) is 0.656. The number of hydrazine groups is 1. The van der Waals surface area contributed by atoms with E-state index in [1.54, 1.807) is 0 Å². The van der Waals surface area contributed by atoms with Gasteiger partial charge in [0.05, 0.1) is 11.5 Å². The Balaban J connectivity index is 2.15. The fourth-order valence-corrected chi connectivity index (χ4v) is 2.53. The lowest BCUT2D eigenvalue weighted by Crippen LogP contribution is -2.42. The fraction of sp³-hybridized carbons (Fsp3) is 0.467. The number of halogens is 1. The van der Waals surface area contributed by atoms with Gasteiger partial charge in [-0.05, 0) is 12.1 Å². The number of amides is 1. The van der Waals surface area contributed by atoms with Crippen LogP contribution in [0.15, 0.2) is 18.2 Å². The molecule has 0 spiro atoms. The van der Waals surface area contributed by atoms with E-state index in [2.05, 4.69) is 5.32 Å². The van der Waals surface area contributed by atoms with Crippen molar-refractivity contribution >= 4 is 17.6 Å². The number of nitroso groups, excluding NO2 is 1. The van der Waals surface area contributed by atoms with Gasteiger partial charge in [-0.15, -0.1) is 5.01 Å². The van der Waals surface area contributed by atoms with Crippen molar-refractivity contribution in [2.45, 2.75) is 31.8 Å². The Bertz CT molecular complexity index is 667. The number of carboxylic acid groups (broad SMARTS) is 1. The highest BCUT2D eigenvalue weighted by Crippen LogP contribution is 2.25. The van der Waals surface area contributed by atoms with E-state index >= 15 is 0 Å². The van der Waals surface area contributed by atoms with Crippen molar-refractivity contribution in [1.29, 1.82) is 0 Å². The molecule has 2 rings (SSSR count). The molecule has 0 aliphatic carbocycles. The lowest BCUT2D eigenvalue weighted by atomic mass is 10.1. The largest absolute Gasteiger partial charge is 0.480 e. The fourth-order valence-electron chi connectivity index (χ4n) is 2.53. The number of carbonyl (C=O) groups excluding carboxylic acids is 1. The molecule has 1 fully saturated rings. The van der Waals surface area contributed by atoms with Gasteiger partial charge in [0.2, 0.25) is 6.04 Å². The Morgan fingerprint density at radius 3 is 2.79 bits per heavy atom. The van der Waals surface area contributed by atoms with Crippen molar-refractivity contribution < 1.29 is 24.0 Å². The van der Waals surface area contributed by atoms with E-state index in [0.717, 1.165) is 10.9 Å². The van der Waals surface area contributed by atoms with Crippen LogP contribution in [0, 0.1) is 10.7 Å². The Hall–Kier alpha value is -2.55. The molecule has 1 unspecified atom stereocenters. The number of carboxylic acids is 1. The lowest BCUT2D eigenvalue weighted by Gasteiger charge is -2.12. The third kappa shape index (κ3) is 3.85. The van der Waals surface area contributed by atoms with Crippen molar-refractivity contribution in [2.24, 2.45) is 5.73 Å². The number of carbonyl (C=O) groups is 2. The molecule has 8 nitrogen and oxygen atoms in total. The average molecular weight is 339 g/mol. The molecule has 1 saturated heterocycles. The lowest BCUT2D eigenvalue weighted by molar-refractivity contribution is -0.577. The zero-order valence-corrected chi connectivity index (χ0v) is 13.2. The Morgan fingerprint density at radius 2 is 2.21 bits per heavy atom. The number of anilines is 1. The number of nitrogens with one attached hydrogen (secondary N) is 1. The van der Waals surface area contributed by atoms with Gasteiger partial charge in [0.1, 0.15) is 22.4 Å². The first kappa shape index (κ1) is 17.8.